The summed E-state index contributed by atoms with van der Waals surface area (Å²) in [6.07, 6.45) is 1.77. The number of piperidine rings is 1. The summed E-state index contributed by atoms with van der Waals surface area (Å²) < 4.78 is 5.87. The van der Waals surface area contributed by atoms with Crippen LogP contribution in [0.15, 0.2) is 18.3 Å². The number of hydrogen-bond donors (Lipinski definition) is 1. The zero-order valence-corrected chi connectivity index (χ0v) is 17.9. The SMILES string of the molecule is CC(C)[C@@H](C(=O)N1CCC(Oc2ccc(Cl)cn2)CC1)N(C(=O)O)C(C)(C)C. The molecule has 1 aromatic heterocycles. The van der Waals surface area contributed by atoms with Crippen LogP contribution in [-0.2, 0) is 4.79 Å². The fourth-order valence-corrected chi connectivity index (χ4v) is 3.61. The summed E-state index contributed by atoms with van der Waals surface area (Å²) >= 11 is 5.84. The molecule has 1 N–H and O–H groups in total. The molecular formula is C20H30ClN3O4. The third-order valence-electron chi connectivity index (χ3n) is 4.83. The summed E-state index contributed by atoms with van der Waals surface area (Å²) in [5.41, 5.74) is -0.669. The first-order valence-electron chi connectivity index (χ1n) is 9.60. The summed E-state index contributed by atoms with van der Waals surface area (Å²) in [5.74, 6) is 0.240. The highest BCUT2D eigenvalue weighted by molar-refractivity contribution is 6.30. The quantitative estimate of drug-likeness (QED) is 0.794. The second-order valence-corrected chi connectivity index (χ2v) is 8.91. The molecule has 0 aliphatic carbocycles. The third-order valence-corrected chi connectivity index (χ3v) is 5.06. The lowest BCUT2D eigenvalue weighted by Crippen LogP contribution is -2.60. The Bertz CT molecular complexity index is 680. The average Bonchev–Trinajstić information content (AvgIpc) is 2.60. The van der Waals surface area contributed by atoms with Crippen molar-refractivity contribution in [3.63, 3.8) is 0 Å². The predicted octanol–water partition coefficient (Wildman–Crippen LogP) is 3.91. The first-order chi connectivity index (χ1) is 13.0. The molecule has 28 heavy (non-hydrogen) atoms. The summed E-state index contributed by atoms with van der Waals surface area (Å²) in [7, 11) is 0. The van der Waals surface area contributed by atoms with Crippen molar-refractivity contribution < 1.29 is 19.4 Å². The van der Waals surface area contributed by atoms with Crippen molar-refractivity contribution in [1.29, 1.82) is 0 Å². The number of halogens is 1. The van der Waals surface area contributed by atoms with Crippen LogP contribution in [0.1, 0.15) is 47.5 Å². The highest BCUT2D eigenvalue weighted by Crippen LogP contribution is 2.26. The van der Waals surface area contributed by atoms with E-state index in [1.165, 1.54) is 11.1 Å². The normalized spacial score (nSPS) is 16.8. The van der Waals surface area contributed by atoms with Crippen molar-refractivity contribution in [3.05, 3.63) is 23.4 Å². The summed E-state index contributed by atoms with van der Waals surface area (Å²) in [6.45, 7) is 10.2. The standard InChI is InChI=1S/C20H30ClN3O4/c1-13(2)17(24(19(26)27)20(3,4)5)18(25)23-10-8-15(9-11-23)28-16-7-6-14(21)12-22-16/h6-7,12-13,15,17H,8-11H2,1-5H3,(H,26,27)/t17-/m0/s1. The van der Waals surface area contributed by atoms with E-state index in [1.54, 1.807) is 17.0 Å². The molecule has 0 unspecified atom stereocenters. The molecule has 2 heterocycles. The van der Waals surface area contributed by atoms with E-state index in [0.29, 0.717) is 36.8 Å². The van der Waals surface area contributed by atoms with Crippen molar-refractivity contribution in [2.24, 2.45) is 5.92 Å². The maximum Gasteiger partial charge on any atom is 0.408 e. The molecule has 1 fully saturated rings. The van der Waals surface area contributed by atoms with E-state index in [1.807, 2.05) is 34.6 Å². The van der Waals surface area contributed by atoms with Gasteiger partial charge in [-0.1, -0.05) is 25.4 Å². The maximum atomic E-state index is 13.2. The molecule has 1 aromatic rings. The lowest BCUT2D eigenvalue weighted by Gasteiger charge is -2.43. The Labute approximate surface area is 171 Å². The molecule has 1 aliphatic heterocycles. The fraction of sp³-hybridized carbons (Fsp3) is 0.650. The number of carbonyl (C=O) groups excluding carboxylic acids is 1. The number of ether oxygens (including phenoxy) is 1. The molecule has 0 saturated carbocycles. The number of carboxylic acid groups (broad SMARTS) is 1. The zero-order chi connectivity index (χ0) is 21.1. The number of amides is 2. The average molecular weight is 412 g/mol. The Hall–Kier alpha value is -2.02. The second-order valence-electron chi connectivity index (χ2n) is 8.47. The van der Waals surface area contributed by atoms with Gasteiger partial charge in [-0.25, -0.2) is 9.78 Å². The van der Waals surface area contributed by atoms with Crippen LogP contribution in [0, 0.1) is 5.92 Å². The monoisotopic (exact) mass is 411 g/mol. The largest absolute Gasteiger partial charge is 0.474 e. The molecular weight excluding hydrogens is 382 g/mol. The minimum Gasteiger partial charge on any atom is -0.474 e. The molecule has 0 bridgehead atoms. The Morgan fingerprint density at radius 3 is 2.32 bits per heavy atom. The van der Waals surface area contributed by atoms with Crippen molar-refractivity contribution >= 4 is 23.6 Å². The van der Waals surface area contributed by atoms with Gasteiger partial charge in [0.2, 0.25) is 11.8 Å². The van der Waals surface area contributed by atoms with Crippen LogP contribution < -0.4 is 4.74 Å². The molecule has 0 radical (unpaired) electrons. The summed E-state index contributed by atoms with van der Waals surface area (Å²) in [5, 5.41) is 10.3. The Morgan fingerprint density at radius 1 is 1.29 bits per heavy atom. The van der Waals surface area contributed by atoms with Gasteiger partial charge < -0.3 is 14.7 Å². The van der Waals surface area contributed by atoms with Crippen LogP contribution in [0.2, 0.25) is 5.02 Å². The molecule has 1 saturated heterocycles. The molecule has 1 atom stereocenters. The topological polar surface area (TPSA) is 83.0 Å². The van der Waals surface area contributed by atoms with Crippen molar-refractivity contribution in [2.45, 2.75) is 65.1 Å². The molecule has 2 amide bonds. The Balaban J connectivity index is 2.03. The smallest absolute Gasteiger partial charge is 0.408 e. The van der Waals surface area contributed by atoms with Gasteiger partial charge in [0.05, 0.1) is 5.02 Å². The maximum absolute atomic E-state index is 13.2. The van der Waals surface area contributed by atoms with Crippen LogP contribution >= 0.6 is 11.6 Å². The minimum atomic E-state index is -1.08. The number of aromatic nitrogens is 1. The van der Waals surface area contributed by atoms with E-state index in [-0.39, 0.29) is 17.9 Å². The zero-order valence-electron chi connectivity index (χ0n) is 17.2. The van der Waals surface area contributed by atoms with E-state index in [2.05, 4.69) is 4.98 Å². The number of likely N-dealkylation sites (tertiary alicyclic amines) is 1. The van der Waals surface area contributed by atoms with Gasteiger partial charge in [-0.05, 0) is 32.8 Å². The van der Waals surface area contributed by atoms with Crippen LogP contribution in [0.25, 0.3) is 0 Å². The highest BCUT2D eigenvalue weighted by Gasteiger charge is 2.41. The minimum absolute atomic E-state index is 0.0339. The first-order valence-corrected chi connectivity index (χ1v) is 9.97. The van der Waals surface area contributed by atoms with Gasteiger partial charge in [-0.3, -0.25) is 9.69 Å². The van der Waals surface area contributed by atoms with Gasteiger partial charge in [0, 0.05) is 43.7 Å². The number of pyridine rings is 1. The van der Waals surface area contributed by atoms with Crippen LogP contribution in [0.3, 0.4) is 0 Å². The van der Waals surface area contributed by atoms with Crippen LogP contribution in [0.5, 0.6) is 5.88 Å². The van der Waals surface area contributed by atoms with E-state index < -0.39 is 17.7 Å². The van der Waals surface area contributed by atoms with Crippen molar-refractivity contribution in [1.82, 2.24) is 14.8 Å². The van der Waals surface area contributed by atoms with E-state index >= 15 is 0 Å². The third kappa shape index (κ3) is 5.50. The molecule has 1 aliphatic rings. The lowest BCUT2D eigenvalue weighted by atomic mass is 9.94. The number of rotatable bonds is 5. The highest BCUT2D eigenvalue weighted by atomic mass is 35.5. The van der Waals surface area contributed by atoms with Gasteiger partial charge in [0.15, 0.2) is 0 Å². The predicted molar refractivity (Wildman–Crippen MR) is 108 cm³/mol. The second kappa shape index (κ2) is 8.99. The fourth-order valence-electron chi connectivity index (χ4n) is 3.50. The molecule has 8 heteroatoms. The van der Waals surface area contributed by atoms with Crippen LogP contribution in [0.4, 0.5) is 4.79 Å². The first kappa shape index (κ1) is 22.3. The van der Waals surface area contributed by atoms with Gasteiger partial charge in [0.1, 0.15) is 12.1 Å². The van der Waals surface area contributed by atoms with Gasteiger partial charge in [0.25, 0.3) is 0 Å². The molecule has 2 rings (SSSR count). The van der Waals surface area contributed by atoms with E-state index in [4.69, 9.17) is 16.3 Å². The molecule has 0 spiro atoms. The van der Waals surface area contributed by atoms with E-state index in [9.17, 15) is 14.7 Å². The van der Waals surface area contributed by atoms with Crippen LogP contribution in [-0.4, -0.2) is 62.7 Å². The summed E-state index contributed by atoms with van der Waals surface area (Å²) in [4.78, 5) is 32.2. The summed E-state index contributed by atoms with van der Waals surface area (Å²) in [6, 6.07) is 2.73. The molecule has 7 nitrogen and oxygen atoms in total. The lowest BCUT2D eigenvalue weighted by molar-refractivity contribution is -0.142. The molecule has 156 valence electrons. The Morgan fingerprint density at radius 2 is 1.89 bits per heavy atom. The van der Waals surface area contributed by atoms with Gasteiger partial charge >= 0.3 is 6.09 Å². The van der Waals surface area contributed by atoms with Gasteiger partial charge in [-0.15, -0.1) is 0 Å². The number of carbonyl (C=O) groups is 2. The molecule has 0 aromatic carbocycles. The Kier molecular flexibility index (Phi) is 7.15. The van der Waals surface area contributed by atoms with Crippen molar-refractivity contribution in [2.75, 3.05) is 13.1 Å². The van der Waals surface area contributed by atoms with Crippen molar-refractivity contribution in [3.8, 4) is 5.88 Å². The van der Waals surface area contributed by atoms with E-state index in [0.717, 1.165) is 0 Å². The number of hydrogen-bond acceptors (Lipinski definition) is 4. The number of nitrogens with zero attached hydrogens (tertiary/aromatic N) is 3. The van der Waals surface area contributed by atoms with Gasteiger partial charge in [-0.2, -0.15) is 0 Å².